The van der Waals surface area contributed by atoms with Crippen molar-refractivity contribution in [1.82, 2.24) is 0 Å². The molecule has 0 saturated heterocycles. The summed E-state index contributed by atoms with van der Waals surface area (Å²) >= 11 is 5.48. The zero-order valence-electron chi connectivity index (χ0n) is 12.1. The lowest BCUT2D eigenvalue weighted by atomic mass is 10.1. The third-order valence-corrected chi connectivity index (χ3v) is 5.27. The van der Waals surface area contributed by atoms with Gasteiger partial charge in [0.05, 0.1) is 0 Å². The number of nitrogens with two attached hydrogens (primary N) is 1. The van der Waals surface area contributed by atoms with Gasteiger partial charge in [0.1, 0.15) is 0 Å². The lowest BCUT2D eigenvalue weighted by Crippen LogP contribution is -2.17. The van der Waals surface area contributed by atoms with Crippen molar-refractivity contribution in [3.05, 3.63) is 57.6 Å². The number of hydrogen-bond acceptors (Lipinski definition) is 2. The minimum atomic E-state index is 0.194. The van der Waals surface area contributed by atoms with E-state index < -0.39 is 0 Å². The summed E-state index contributed by atoms with van der Waals surface area (Å²) in [5, 5.41) is 0. The monoisotopic (exact) mass is 349 g/mol. The van der Waals surface area contributed by atoms with Crippen LogP contribution < -0.4 is 5.73 Å². The molecule has 0 aliphatic heterocycles. The third-order valence-electron chi connectivity index (χ3n) is 3.12. The van der Waals surface area contributed by atoms with E-state index in [1.165, 1.54) is 26.5 Å². The van der Waals surface area contributed by atoms with E-state index in [-0.39, 0.29) is 6.04 Å². The van der Waals surface area contributed by atoms with Gasteiger partial charge in [-0.2, -0.15) is 0 Å². The average molecular weight is 350 g/mol. The first-order valence-corrected chi connectivity index (χ1v) is 8.36. The van der Waals surface area contributed by atoms with Crippen LogP contribution in [0.3, 0.4) is 0 Å². The summed E-state index contributed by atoms with van der Waals surface area (Å²) < 4.78 is 1.14. The first-order valence-electron chi connectivity index (χ1n) is 6.75. The van der Waals surface area contributed by atoms with Crippen LogP contribution in [0.25, 0.3) is 0 Å². The van der Waals surface area contributed by atoms with E-state index in [0.29, 0.717) is 0 Å². The molecule has 20 heavy (non-hydrogen) atoms. The van der Waals surface area contributed by atoms with E-state index in [2.05, 4.69) is 66.2 Å². The topological polar surface area (TPSA) is 26.0 Å². The Morgan fingerprint density at radius 1 is 1.10 bits per heavy atom. The van der Waals surface area contributed by atoms with Gasteiger partial charge < -0.3 is 5.73 Å². The van der Waals surface area contributed by atoms with Gasteiger partial charge in [0, 0.05) is 20.3 Å². The highest BCUT2D eigenvalue weighted by Crippen LogP contribution is 2.36. The molecule has 0 spiro atoms. The van der Waals surface area contributed by atoms with Gasteiger partial charge in [0.2, 0.25) is 0 Å². The van der Waals surface area contributed by atoms with Crippen molar-refractivity contribution in [3.63, 3.8) is 0 Å². The molecule has 2 aromatic rings. The van der Waals surface area contributed by atoms with Crippen LogP contribution >= 0.6 is 27.7 Å². The summed E-state index contributed by atoms with van der Waals surface area (Å²) in [4.78, 5) is 2.55. The number of hydrogen-bond donors (Lipinski definition) is 1. The Hall–Kier alpha value is -0.770. The molecule has 0 saturated carbocycles. The highest BCUT2D eigenvalue weighted by Gasteiger charge is 2.07. The molecule has 0 amide bonds. The maximum Gasteiger partial charge on any atom is 0.0317 e. The second-order valence-corrected chi connectivity index (χ2v) is 7.26. The predicted molar refractivity (Wildman–Crippen MR) is 91.5 cm³/mol. The van der Waals surface area contributed by atoms with Crippen LogP contribution in [0.4, 0.5) is 0 Å². The fourth-order valence-electron chi connectivity index (χ4n) is 2.06. The van der Waals surface area contributed by atoms with E-state index in [1.54, 1.807) is 11.8 Å². The van der Waals surface area contributed by atoms with E-state index in [1.807, 2.05) is 6.92 Å². The van der Waals surface area contributed by atoms with Crippen LogP contribution in [0.15, 0.2) is 50.7 Å². The second kappa shape index (κ2) is 6.79. The largest absolute Gasteiger partial charge is 0.328 e. The molecule has 0 aliphatic carbocycles. The van der Waals surface area contributed by atoms with Crippen LogP contribution in [0.5, 0.6) is 0 Å². The van der Waals surface area contributed by atoms with Gasteiger partial charge in [0.25, 0.3) is 0 Å². The Kier molecular flexibility index (Phi) is 5.30. The van der Waals surface area contributed by atoms with E-state index in [0.717, 1.165) is 10.9 Å². The lowest BCUT2D eigenvalue weighted by Gasteiger charge is -2.11. The summed E-state index contributed by atoms with van der Waals surface area (Å²) in [5.74, 6) is 0. The fourth-order valence-corrected chi connectivity index (χ4v) is 3.73. The minimum absolute atomic E-state index is 0.194. The maximum absolute atomic E-state index is 5.85. The molecule has 2 N–H and O–H groups in total. The second-order valence-electron chi connectivity index (χ2n) is 5.32. The maximum atomic E-state index is 5.85. The standard InChI is InChI=1S/C17H20BrNS/c1-11-4-5-12(2)17(8-11)20-16-7-6-14(9-13(3)19)10-15(16)18/h4-8,10,13H,9,19H2,1-3H3. The molecule has 0 radical (unpaired) electrons. The highest BCUT2D eigenvalue weighted by molar-refractivity contribution is 9.10. The van der Waals surface area contributed by atoms with Crippen molar-refractivity contribution in [2.24, 2.45) is 5.73 Å². The molecular formula is C17H20BrNS. The van der Waals surface area contributed by atoms with Crippen LogP contribution in [0, 0.1) is 13.8 Å². The molecule has 2 rings (SSSR count). The average Bonchev–Trinajstić information content (AvgIpc) is 2.36. The zero-order chi connectivity index (χ0) is 14.7. The number of benzene rings is 2. The Balaban J connectivity index is 2.23. The van der Waals surface area contributed by atoms with Crippen molar-refractivity contribution in [3.8, 4) is 0 Å². The molecule has 0 aliphatic rings. The van der Waals surface area contributed by atoms with Gasteiger partial charge in [0.15, 0.2) is 0 Å². The summed E-state index contributed by atoms with van der Waals surface area (Å²) in [6.45, 7) is 6.32. The van der Waals surface area contributed by atoms with Crippen LogP contribution in [-0.4, -0.2) is 6.04 Å². The molecule has 1 nitrogen and oxygen atoms in total. The molecule has 1 unspecified atom stereocenters. The summed E-state index contributed by atoms with van der Waals surface area (Å²) in [6, 6.07) is 13.3. The van der Waals surface area contributed by atoms with Gasteiger partial charge >= 0.3 is 0 Å². The van der Waals surface area contributed by atoms with Gasteiger partial charge in [-0.25, -0.2) is 0 Å². The quantitative estimate of drug-likeness (QED) is 0.830. The fraction of sp³-hybridized carbons (Fsp3) is 0.294. The predicted octanol–water partition coefficient (Wildman–Crippen LogP) is 5.11. The SMILES string of the molecule is Cc1ccc(C)c(Sc2ccc(CC(C)N)cc2Br)c1. The summed E-state index contributed by atoms with van der Waals surface area (Å²) in [6.07, 6.45) is 0.910. The summed E-state index contributed by atoms with van der Waals surface area (Å²) in [7, 11) is 0. The van der Waals surface area contributed by atoms with Crippen LogP contribution in [0.2, 0.25) is 0 Å². The van der Waals surface area contributed by atoms with Crippen molar-refractivity contribution >= 4 is 27.7 Å². The number of halogens is 1. The van der Waals surface area contributed by atoms with Gasteiger partial charge in [-0.15, -0.1) is 0 Å². The molecule has 106 valence electrons. The highest BCUT2D eigenvalue weighted by atomic mass is 79.9. The smallest absolute Gasteiger partial charge is 0.0317 e. The molecule has 0 bridgehead atoms. The molecule has 3 heteroatoms. The van der Waals surface area contributed by atoms with E-state index >= 15 is 0 Å². The normalized spacial score (nSPS) is 12.4. The summed E-state index contributed by atoms with van der Waals surface area (Å²) in [5.41, 5.74) is 9.73. The molecule has 2 aromatic carbocycles. The van der Waals surface area contributed by atoms with Crippen molar-refractivity contribution < 1.29 is 0 Å². The Bertz CT molecular complexity index is 608. The van der Waals surface area contributed by atoms with Gasteiger partial charge in [-0.3, -0.25) is 0 Å². The molecule has 0 aromatic heterocycles. The Morgan fingerprint density at radius 3 is 2.50 bits per heavy atom. The molecule has 0 heterocycles. The van der Waals surface area contributed by atoms with Crippen molar-refractivity contribution in [1.29, 1.82) is 0 Å². The zero-order valence-corrected chi connectivity index (χ0v) is 14.5. The molecular weight excluding hydrogens is 330 g/mol. The van der Waals surface area contributed by atoms with E-state index in [4.69, 9.17) is 5.73 Å². The van der Waals surface area contributed by atoms with E-state index in [9.17, 15) is 0 Å². The minimum Gasteiger partial charge on any atom is -0.328 e. The van der Waals surface area contributed by atoms with Crippen molar-refractivity contribution in [2.75, 3.05) is 0 Å². The van der Waals surface area contributed by atoms with Crippen LogP contribution in [0.1, 0.15) is 23.6 Å². The lowest BCUT2D eigenvalue weighted by molar-refractivity contribution is 0.737. The first-order chi connectivity index (χ1) is 9.45. The first kappa shape index (κ1) is 15.6. The number of rotatable bonds is 4. The van der Waals surface area contributed by atoms with Gasteiger partial charge in [-0.1, -0.05) is 30.0 Å². The molecule has 0 fully saturated rings. The van der Waals surface area contributed by atoms with Gasteiger partial charge in [-0.05, 0) is 78.0 Å². The number of aryl methyl sites for hydroxylation is 2. The Morgan fingerprint density at radius 2 is 1.85 bits per heavy atom. The van der Waals surface area contributed by atoms with Crippen molar-refractivity contribution in [2.45, 2.75) is 43.0 Å². The third kappa shape index (κ3) is 4.11. The molecule has 1 atom stereocenters. The Labute approximate surface area is 134 Å². The van der Waals surface area contributed by atoms with Crippen LogP contribution in [-0.2, 0) is 6.42 Å².